The molecule has 1 N–H and O–H groups in total. The van der Waals surface area contributed by atoms with Crippen LogP contribution in [0.25, 0.3) is 10.9 Å². The van der Waals surface area contributed by atoms with Crippen molar-refractivity contribution < 1.29 is 19.1 Å². The molecular formula is C28H33N3O4. The first-order valence-corrected chi connectivity index (χ1v) is 12.2. The summed E-state index contributed by atoms with van der Waals surface area (Å²) in [5.74, 6) is 1.49. The van der Waals surface area contributed by atoms with Gasteiger partial charge >= 0.3 is 0 Å². The smallest absolute Gasteiger partial charge is 0.254 e. The van der Waals surface area contributed by atoms with E-state index in [-0.39, 0.29) is 24.3 Å². The number of nitrogens with one attached hydrogen (secondary N) is 1. The number of fused-ring (bicyclic) bond motifs is 5. The number of para-hydroxylation sites is 2. The number of carbonyl (C=O) groups excluding carboxylic acids is 2. The number of hydrogen-bond donors (Lipinski definition) is 1. The van der Waals surface area contributed by atoms with Gasteiger partial charge in [-0.3, -0.25) is 9.59 Å². The summed E-state index contributed by atoms with van der Waals surface area (Å²) in [6.07, 6.45) is 0.859. The number of carbonyl (C=O) groups is 2. The average Bonchev–Trinajstić information content (AvgIpc) is 3.25. The maximum Gasteiger partial charge on any atom is 0.254 e. The maximum absolute atomic E-state index is 14.0. The number of nitrogens with zero attached hydrogens (tertiary/aromatic N) is 2. The van der Waals surface area contributed by atoms with Crippen molar-refractivity contribution in [1.82, 2.24) is 14.8 Å². The third-order valence-corrected chi connectivity index (χ3v) is 7.60. The molecule has 7 heteroatoms. The molecular weight excluding hydrogens is 442 g/mol. The van der Waals surface area contributed by atoms with Crippen molar-refractivity contribution in [1.29, 1.82) is 0 Å². The number of benzene rings is 2. The molecule has 0 bridgehead atoms. The summed E-state index contributed by atoms with van der Waals surface area (Å²) < 4.78 is 11.4. The lowest BCUT2D eigenvalue weighted by Crippen LogP contribution is -2.67. The molecule has 0 radical (unpaired) electrons. The standard InChI is InChI=1S/C28H33N3O4/c1-17(2)13-14-30-16-23(32)31-15-20(18-10-8-12-22(34-4)25(18)35-5)24-19-9-6-7-11-21(19)29-26(24)28(31,3)27(30)33/h6-12,17,20,29H,13-16H2,1-5H3/t20?,28-/m0/s1. The number of aromatic nitrogens is 1. The van der Waals surface area contributed by atoms with E-state index in [4.69, 9.17) is 9.47 Å². The van der Waals surface area contributed by atoms with Gasteiger partial charge in [-0.2, -0.15) is 0 Å². The van der Waals surface area contributed by atoms with Gasteiger partial charge in [-0.25, -0.2) is 0 Å². The largest absolute Gasteiger partial charge is 0.493 e. The highest BCUT2D eigenvalue weighted by atomic mass is 16.5. The van der Waals surface area contributed by atoms with Gasteiger partial charge in [-0.1, -0.05) is 44.2 Å². The van der Waals surface area contributed by atoms with Crippen molar-refractivity contribution in [2.45, 2.75) is 38.6 Å². The molecule has 7 nitrogen and oxygen atoms in total. The van der Waals surface area contributed by atoms with E-state index < -0.39 is 5.54 Å². The number of H-pyrrole nitrogens is 1. The lowest BCUT2D eigenvalue weighted by Gasteiger charge is -2.51. The summed E-state index contributed by atoms with van der Waals surface area (Å²) in [5, 5.41) is 1.05. The van der Waals surface area contributed by atoms with Crippen molar-refractivity contribution in [2.75, 3.05) is 33.9 Å². The molecule has 3 aromatic rings. The van der Waals surface area contributed by atoms with E-state index in [0.717, 1.165) is 34.1 Å². The van der Waals surface area contributed by atoms with E-state index in [9.17, 15) is 9.59 Å². The van der Waals surface area contributed by atoms with Gasteiger partial charge in [0.25, 0.3) is 5.91 Å². The maximum atomic E-state index is 14.0. The lowest BCUT2D eigenvalue weighted by molar-refractivity contribution is -0.166. The summed E-state index contributed by atoms with van der Waals surface area (Å²) in [6.45, 7) is 7.23. The van der Waals surface area contributed by atoms with Crippen molar-refractivity contribution in [2.24, 2.45) is 5.92 Å². The summed E-state index contributed by atoms with van der Waals surface area (Å²) in [5.41, 5.74) is 2.61. The van der Waals surface area contributed by atoms with Crippen LogP contribution in [0.2, 0.25) is 0 Å². The molecule has 5 rings (SSSR count). The Morgan fingerprint density at radius 1 is 1.09 bits per heavy atom. The van der Waals surface area contributed by atoms with E-state index in [1.807, 2.05) is 43.3 Å². The molecule has 0 aliphatic carbocycles. The van der Waals surface area contributed by atoms with E-state index in [1.165, 1.54) is 0 Å². The van der Waals surface area contributed by atoms with Gasteiger partial charge in [-0.15, -0.1) is 0 Å². The van der Waals surface area contributed by atoms with Gasteiger partial charge in [0.05, 0.1) is 26.5 Å². The minimum atomic E-state index is -1.09. The number of rotatable bonds is 6. The first kappa shape index (κ1) is 23.3. The Morgan fingerprint density at radius 3 is 2.57 bits per heavy atom. The van der Waals surface area contributed by atoms with Crippen LogP contribution in [0, 0.1) is 5.92 Å². The van der Waals surface area contributed by atoms with E-state index in [0.29, 0.717) is 30.5 Å². The molecule has 1 aromatic heterocycles. The van der Waals surface area contributed by atoms with Crippen LogP contribution in [0.4, 0.5) is 0 Å². The van der Waals surface area contributed by atoms with Gasteiger partial charge in [-0.05, 0) is 37.0 Å². The molecule has 2 aromatic carbocycles. The Hall–Kier alpha value is -3.48. The zero-order valence-electron chi connectivity index (χ0n) is 21.1. The van der Waals surface area contributed by atoms with Gasteiger partial charge in [0.2, 0.25) is 5.91 Å². The number of amides is 2. The Labute approximate surface area is 206 Å². The Morgan fingerprint density at radius 2 is 1.86 bits per heavy atom. The summed E-state index contributed by atoms with van der Waals surface area (Å²) >= 11 is 0. The number of hydrogen-bond acceptors (Lipinski definition) is 4. The monoisotopic (exact) mass is 475 g/mol. The van der Waals surface area contributed by atoms with Gasteiger partial charge in [0.1, 0.15) is 0 Å². The fourth-order valence-electron chi connectivity index (χ4n) is 5.74. The lowest BCUT2D eigenvalue weighted by atomic mass is 9.76. The van der Waals surface area contributed by atoms with E-state index in [2.05, 4.69) is 24.9 Å². The number of ether oxygens (including phenoxy) is 2. The molecule has 2 atom stereocenters. The first-order chi connectivity index (χ1) is 16.8. The molecule has 2 aliphatic rings. The summed E-state index contributed by atoms with van der Waals surface area (Å²) in [7, 11) is 3.25. The second-order valence-corrected chi connectivity index (χ2v) is 10.1. The van der Waals surface area contributed by atoms with Crippen molar-refractivity contribution in [3.8, 4) is 11.5 Å². The topological polar surface area (TPSA) is 74.9 Å². The van der Waals surface area contributed by atoms with Crippen LogP contribution >= 0.6 is 0 Å². The van der Waals surface area contributed by atoms with Crippen LogP contribution in [0.15, 0.2) is 42.5 Å². The zero-order chi connectivity index (χ0) is 24.9. The molecule has 1 fully saturated rings. The number of methoxy groups -OCH3 is 2. The third-order valence-electron chi connectivity index (χ3n) is 7.60. The second kappa shape index (κ2) is 8.63. The minimum Gasteiger partial charge on any atom is -0.493 e. The van der Waals surface area contributed by atoms with Gasteiger partial charge < -0.3 is 24.3 Å². The molecule has 1 saturated heterocycles. The van der Waals surface area contributed by atoms with Crippen LogP contribution in [0.5, 0.6) is 11.5 Å². The Balaban J connectivity index is 1.72. The van der Waals surface area contributed by atoms with Crippen LogP contribution in [-0.2, 0) is 15.1 Å². The Bertz CT molecular complexity index is 1300. The van der Waals surface area contributed by atoms with Crippen molar-refractivity contribution >= 4 is 22.7 Å². The summed E-state index contributed by atoms with van der Waals surface area (Å²) in [4.78, 5) is 34.6. The predicted octanol–water partition coefficient (Wildman–Crippen LogP) is 4.26. The van der Waals surface area contributed by atoms with Crippen LogP contribution in [-0.4, -0.2) is 60.5 Å². The quantitative estimate of drug-likeness (QED) is 0.578. The molecule has 2 aliphatic heterocycles. The zero-order valence-corrected chi connectivity index (χ0v) is 21.1. The molecule has 184 valence electrons. The van der Waals surface area contributed by atoms with Crippen LogP contribution in [0.3, 0.4) is 0 Å². The SMILES string of the molecule is COc1cccc(C2CN3C(=O)CN(CCC(C)C)C(=O)[C@]3(C)c3[nH]c4ccccc4c32)c1OC. The number of piperazine rings is 1. The normalized spacial score (nSPS) is 21.9. The molecule has 3 heterocycles. The van der Waals surface area contributed by atoms with E-state index >= 15 is 0 Å². The highest BCUT2D eigenvalue weighted by Crippen LogP contribution is 2.50. The van der Waals surface area contributed by atoms with Crippen LogP contribution in [0.1, 0.15) is 49.9 Å². The molecule has 2 amide bonds. The fourth-order valence-corrected chi connectivity index (χ4v) is 5.74. The number of aromatic amines is 1. The van der Waals surface area contributed by atoms with Gasteiger partial charge in [0, 0.05) is 35.5 Å². The van der Waals surface area contributed by atoms with E-state index in [1.54, 1.807) is 24.0 Å². The highest BCUT2D eigenvalue weighted by Gasteiger charge is 2.56. The van der Waals surface area contributed by atoms with Crippen molar-refractivity contribution in [3.05, 3.63) is 59.3 Å². The van der Waals surface area contributed by atoms with Crippen molar-refractivity contribution in [3.63, 3.8) is 0 Å². The van der Waals surface area contributed by atoms with Gasteiger partial charge in [0.15, 0.2) is 17.0 Å². The highest BCUT2D eigenvalue weighted by molar-refractivity contribution is 6.01. The molecule has 35 heavy (non-hydrogen) atoms. The minimum absolute atomic E-state index is 0.0263. The van der Waals surface area contributed by atoms with Crippen LogP contribution < -0.4 is 9.47 Å². The second-order valence-electron chi connectivity index (χ2n) is 10.1. The first-order valence-electron chi connectivity index (χ1n) is 12.2. The summed E-state index contributed by atoms with van der Waals surface area (Å²) in [6, 6.07) is 13.9. The predicted molar refractivity (Wildman–Crippen MR) is 135 cm³/mol. The molecule has 0 saturated carbocycles. The molecule has 0 spiro atoms. The Kier molecular flexibility index (Phi) is 5.74. The third kappa shape index (κ3) is 3.48. The average molecular weight is 476 g/mol. The fraction of sp³-hybridized carbons (Fsp3) is 0.429. The molecule has 1 unspecified atom stereocenters.